The first kappa shape index (κ1) is 14.5. The van der Waals surface area contributed by atoms with Gasteiger partial charge >= 0.3 is 6.18 Å². The van der Waals surface area contributed by atoms with Crippen molar-refractivity contribution in [3.05, 3.63) is 21.9 Å². The Morgan fingerprint density at radius 2 is 1.94 bits per heavy atom. The number of hydrogen-bond acceptors (Lipinski definition) is 2. The second-order valence-electron chi connectivity index (χ2n) is 4.27. The first-order chi connectivity index (χ1) is 7.81. The van der Waals surface area contributed by atoms with E-state index in [1.165, 1.54) is 4.88 Å². The van der Waals surface area contributed by atoms with Crippen molar-refractivity contribution in [1.29, 1.82) is 0 Å². The molecule has 0 saturated carbocycles. The molecule has 98 valence electrons. The second kappa shape index (κ2) is 5.87. The molecule has 0 fully saturated rings. The van der Waals surface area contributed by atoms with E-state index in [0.717, 1.165) is 11.3 Å². The molecule has 1 rings (SSSR count). The summed E-state index contributed by atoms with van der Waals surface area (Å²) < 4.78 is 36.5. The zero-order valence-electron chi connectivity index (χ0n) is 10.3. The van der Waals surface area contributed by atoms with Crippen LogP contribution in [0, 0.1) is 0 Å². The second-order valence-corrected chi connectivity index (χ2v) is 5.47. The molecule has 1 heterocycles. The van der Waals surface area contributed by atoms with Crippen LogP contribution < -0.4 is 5.32 Å². The molecule has 1 nitrogen and oxygen atoms in total. The van der Waals surface area contributed by atoms with Gasteiger partial charge in [-0.15, -0.1) is 11.3 Å². The molecule has 1 aromatic heterocycles. The highest BCUT2D eigenvalue weighted by molar-refractivity contribution is 7.12. The molecule has 1 aromatic rings. The molecule has 0 aliphatic carbocycles. The van der Waals surface area contributed by atoms with E-state index in [0.29, 0.717) is 0 Å². The van der Waals surface area contributed by atoms with Crippen molar-refractivity contribution in [3.8, 4) is 0 Å². The highest BCUT2D eigenvalue weighted by Crippen LogP contribution is 2.26. The Morgan fingerprint density at radius 3 is 2.41 bits per heavy atom. The van der Waals surface area contributed by atoms with Gasteiger partial charge < -0.3 is 5.32 Å². The predicted octanol–water partition coefficient (Wildman–Crippen LogP) is 4.30. The molecule has 0 bridgehead atoms. The van der Waals surface area contributed by atoms with Crippen molar-refractivity contribution in [2.75, 3.05) is 0 Å². The lowest BCUT2D eigenvalue weighted by Gasteiger charge is -2.20. The Morgan fingerprint density at radius 1 is 1.29 bits per heavy atom. The molecule has 0 spiro atoms. The van der Waals surface area contributed by atoms with Gasteiger partial charge in [-0.25, -0.2) is 0 Å². The summed E-state index contributed by atoms with van der Waals surface area (Å²) in [6, 6.07) is 3.43. The molecule has 0 aliphatic heterocycles. The van der Waals surface area contributed by atoms with E-state index in [1.54, 1.807) is 18.3 Å². The van der Waals surface area contributed by atoms with E-state index in [4.69, 9.17) is 0 Å². The number of rotatable bonds is 5. The smallest absolute Gasteiger partial charge is 0.307 e. The molecule has 5 heteroatoms. The number of aryl methyl sites for hydroxylation is 1. The third-order valence-corrected chi connectivity index (χ3v) is 3.94. The minimum atomic E-state index is -4.10. The van der Waals surface area contributed by atoms with Crippen LogP contribution in [0.3, 0.4) is 0 Å². The Hall–Kier alpha value is -0.550. The monoisotopic (exact) mass is 265 g/mol. The van der Waals surface area contributed by atoms with Gasteiger partial charge in [0.15, 0.2) is 0 Å². The number of alkyl halides is 3. The normalized spacial score (nSPS) is 15.9. The lowest BCUT2D eigenvalue weighted by atomic mass is 10.2. The van der Waals surface area contributed by atoms with Crippen molar-refractivity contribution in [2.24, 2.45) is 0 Å². The van der Waals surface area contributed by atoms with Crippen LogP contribution in [0.1, 0.15) is 43.0 Å². The molecular formula is C12H18F3NS. The summed E-state index contributed by atoms with van der Waals surface area (Å²) in [7, 11) is 0. The maximum Gasteiger partial charge on any atom is 0.390 e. The highest BCUT2D eigenvalue weighted by Gasteiger charge is 2.30. The maximum absolute atomic E-state index is 12.2. The van der Waals surface area contributed by atoms with Crippen molar-refractivity contribution in [1.82, 2.24) is 5.32 Å². The SMILES string of the molecule is CCc1ccc(C(C)NC(C)CC(F)(F)F)s1. The largest absolute Gasteiger partial charge is 0.390 e. The van der Waals surface area contributed by atoms with Crippen LogP contribution in [0.2, 0.25) is 0 Å². The topological polar surface area (TPSA) is 12.0 Å². The highest BCUT2D eigenvalue weighted by atomic mass is 32.1. The van der Waals surface area contributed by atoms with Crippen LogP contribution in [0.15, 0.2) is 12.1 Å². The van der Waals surface area contributed by atoms with Crippen molar-refractivity contribution in [2.45, 2.75) is 51.9 Å². The molecular weight excluding hydrogens is 247 g/mol. The van der Waals surface area contributed by atoms with Crippen molar-refractivity contribution in [3.63, 3.8) is 0 Å². The fourth-order valence-corrected chi connectivity index (χ4v) is 2.70. The van der Waals surface area contributed by atoms with Crippen LogP contribution in [0.4, 0.5) is 13.2 Å². The van der Waals surface area contributed by atoms with Gasteiger partial charge in [0.1, 0.15) is 0 Å². The third kappa shape index (κ3) is 5.08. The Balaban J connectivity index is 2.51. The van der Waals surface area contributed by atoms with E-state index < -0.39 is 18.6 Å². The molecule has 2 atom stereocenters. The van der Waals surface area contributed by atoms with Crippen LogP contribution in [0.5, 0.6) is 0 Å². The first-order valence-corrected chi connectivity index (χ1v) is 6.55. The summed E-state index contributed by atoms with van der Waals surface area (Å²) in [4.78, 5) is 2.35. The fourth-order valence-electron chi connectivity index (χ4n) is 1.73. The maximum atomic E-state index is 12.2. The van der Waals surface area contributed by atoms with Crippen LogP contribution in [-0.2, 0) is 6.42 Å². The summed E-state index contributed by atoms with van der Waals surface area (Å²) in [6.45, 7) is 5.54. The zero-order valence-corrected chi connectivity index (χ0v) is 11.1. The Bertz CT molecular complexity index is 346. The van der Waals surface area contributed by atoms with Crippen LogP contribution in [-0.4, -0.2) is 12.2 Å². The molecule has 0 aliphatic rings. The fraction of sp³-hybridized carbons (Fsp3) is 0.667. The lowest BCUT2D eigenvalue weighted by molar-refractivity contribution is -0.139. The van der Waals surface area contributed by atoms with Gasteiger partial charge in [-0.05, 0) is 32.4 Å². The average molecular weight is 265 g/mol. The molecule has 1 N–H and O–H groups in total. The van der Waals surface area contributed by atoms with E-state index in [9.17, 15) is 13.2 Å². The van der Waals surface area contributed by atoms with E-state index in [2.05, 4.69) is 12.2 Å². The number of halogens is 3. The Labute approximate surface area is 104 Å². The molecule has 0 aromatic carbocycles. The zero-order chi connectivity index (χ0) is 13.1. The minimum absolute atomic E-state index is 0.0300. The quantitative estimate of drug-likeness (QED) is 0.837. The first-order valence-electron chi connectivity index (χ1n) is 5.73. The van der Waals surface area contributed by atoms with Crippen LogP contribution in [0.25, 0.3) is 0 Å². The summed E-state index contributed by atoms with van der Waals surface area (Å²) in [5.41, 5.74) is 0. The van der Waals surface area contributed by atoms with E-state index >= 15 is 0 Å². The molecule has 0 saturated heterocycles. The van der Waals surface area contributed by atoms with Gasteiger partial charge in [0.2, 0.25) is 0 Å². The van der Waals surface area contributed by atoms with Gasteiger partial charge in [-0.1, -0.05) is 6.92 Å². The summed E-state index contributed by atoms with van der Waals surface area (Å²) in [5, 5.41) is 2.98. The van der Waals surface area contributed by atoms with Gasteiger partial charge in [0.05, 0.1) is 6.42 Å². The summed E-state index contributed by atoms with van der Waals surface area (Å²) >= 11 is 1.66. The van der Waals surface area contributed by atoms with Crippen molar-refractivity contribution >= 4 is 11.3 Å². The molecule has 2 unspecified atom stereocenters. The lowest BCUT2D eigenvalue weighted by Crippen LogP contribution is -2.32. The molecule has 0 amide bonds. The van der Waals surface area contributed by atoms with Gasteiger partial charge in [-0.3, -0.25) is 0 Å². The standard InChI is InChI=1S/C12H18F3NS/c1-4-10-5-6-11(17-10)9(3)16-8(2)7-12(13,14)15/h5-6,8-9,16H,4,7H2,1-3H3. The van der Waals surface area contributed by atoms with E-state index in [-0.39, 0.29) is 6.04 Å². The van der Waals surface area contributed by atoms with Crippen LogP contribution >= 0.6 is 11.3 Å². The minimum Gasteiger partial charge on any atom is -0.307 e. The number of hydrogen-bond donors (Lipinski definition) is 1. The molecule has 17 heavy (non-hydrogen) atoms. The number of nitrogens with one attached hydrogen (secondary N) is 1. The Kier molecular flexibility index (Phi) is 5.01. The average Bonchev–Trinajstić information content (AvgIpc) is 2.62. The van der Waals surface area contributed by atoms with Gasteiger partial charge in [-0.2, -0.15) is 13.2 Å². The van der Waals surface area contributed by atoms with Gasteiger partial charge in [0, 0.05) is 21.8 Å². The summed E-state index contributed by atoms with van der Waals surface area (Å²) in [5.74, 6) is 0. The number of thiophene rings is 1. The van der Waals surface area contributed by atoms with Gasteiger partial charge in [0.25, 0.3) is 0 Å². The molecule has 0 radical (unpaired) electrons. The summed E-state index contributed by atoms with van der Waals surface area (Å²) in [6.07, 6.45) is -3.92. The predicted molar refractivity (Wildman–Crippen MR) is 65.4 cm³/mol. The van der Waals surface area contributed by atoms with E-state index in [1.807, 2.05) is 19.1 Å². The third-order valence-electron chi connectivity index (χ3n) is 2.53. The van der Waals surface area contributed by atoms with Crippen molar-refractivity contribution < 1.29 is 13.2 Å².